The summed E-state index contributed by atoms with van der Waals surface area (Å²) in [5, 5.41) is 11.8. The normalized spacial score (nSPS) is 10.9. The monoisotopic (exact) mass is 316 g/mol. The predicted molar refractivity (Wildman–Crippen MR) is 84.4 cm³/mol. The van der Waals surface area contributed by atoms with E-state index in [1.165, 1.54) is 13.2 Å². The summed E-state index contributed by atoms with van der Waals surface area (Å²) in [6.45, 7) is 0.520. The predicted octanol–water partition coefficient (Wildman–Crippen LogP) is 1.61. The molecule has 0 aliphatic rings. The number of pyridine rings is 1. The molecule has 0 spiro atoms. The smallest absolute Gasteiger partial charge is 0.215 e. The minimum Gasteiger partial charge on any atom is -0.366 e. The van der Waals surface area contributed by atoms with Crippen LogP contribution in [0.3, 0.4) is 0 Å². The molecule has 0 fully saturated rings. The Bertz CT molecular complexity index is 780. The molecule has 1 aromatic heterocycles. The number of aromatic nitrogens is 1. The summed E-state index contributed by atoms with van der Waals surface area (Å²) >= 11 is 0. The Balaban J connectivity index is 2.02. The second-order valence-corrected chi connectivity index (χ2v) is 6.61. The van der Waals surface area contributed by atoms with Crippen LogP contribution in [0.5, 0.6) is 0 Å². The van der Waals surface area contributed by atoms with E-state index in [0.29, 0.717) is 17.9 Å². The van der Waals surface area contributed by atoms with Crippen LogP contribution >= 0.6 is 0 Å². The van der Waals surface area contributed by atoms with E-state index in [9.17, 15) is 8.42 Å². The Morgan fingerprint density at radius 2 is 2.00 bits per heavy atom. The SMILES string of the molecule is CNS(=O)(=O)Cc1cccc(CNc2ccc(C#N)cn2)c1. The van der Waals surface area contributed by atoms with Gasteiger partial charge in [-0.05, 0) is 30.3 Å². The van der Waals surface area contributed by atoms with Crippen LogP contribution in [0, 0.1) is 11.3 Å². The fraction of sp³-hybridized carbons (Fsp3) is 0.200. The number of hydrogen-bond acceptors (Lipinski definition) is 5. The maximum Gasteiger partial charge on any atom is 0.215 e. The van der Waals surface area contributed by atoms with Gasteiger partial charge in [-0.25, -0.2) is 18.1 Å². The van der Waals surface area contributed by atoms with Crippen molar-refractivity contribution in [2.75, 3.05) is 12.4 Å². The van der Waals surface area contributed by atoms with Gasteiger partial charge in [0.25, 0.3) is 0 Å². The summed E-state index contributed by atoms with van der Waals surface area (Å²) in [5.74, 6) is 0.610. The van der Waals surface area contributed by atoms with Crippen molar-refractivity contribution in [2.24, 2.45) is 0 Å². The van der Waals surface area contributed by atoms with Gasteiger partial charge in [0.2, 0.25) is 10.0 Å². The molecule has 0 saturated heterocycles. The van der Waals surface area contributed by atoms with Crippen molar-refractivity contribution in [3.05, 3.63) is 59.3 Å². The van der Waals surface area contributed by atoms with E-state index in [4.69, 9.17) is 5.26 Å². The lowest BCUT2D eigenvalue weighted by Crippen LogP contribution is -2.20. The molecular formula is C15H16N4O2S. The second-order valence-electron chi connectivity index (χ2n) is 4.68. The van der Waals surface area contributed by atoms with Gasteiger partial charge >= 0.3 is 0 Å². The number of benzene rings is 1. The van der Waals surface area contributed by atoms with Gasteiger partial charge < -0.3 is 5.32 Å². The van der Waals surface area contributed by atoms with Crippen molar-refractivity contribution < 1.29 is 8.42 Å². The zero-order valence-electron chi connectivity index (χ0n) is 12.1. The van der Waals surface area contributed by atoms with Crippen LogP contribution in [0.2, 0.25) is 0 Å². The molecule has 0 aliphatic carbocycles. The van der Waals surface area contributed by atoms with E-state index in [0.717, 1.165) is 11.1 Å². The van der Waals surface area contributed by atoms with Crippen LogP contribution in [0.4, 0.5) is 5.82 Å². The van der Waals surface area contributed by atoms with E-state index >= 15 is 0 Å². The molecule has 0 aliphatic heterocycles. The molecule has 0 radical (unpaired) electrons. The van der Waals surface area contributed by atoms with Crippen molar-refractivity contribution in [2.45, 2.75) is 12.3 Å². The van der Waals surface area contributed by atoms with Gasteiger partial charge in [-0.15, -0.1) is 0 Å². The molecule has 2 N–H and O–H groups in total. The maximum atomic E-state index is 11.6. The molecule has 1 heterocycles. The summed E-state index contributed by atoms with van der Waals surface area (Å²) in [4.78, 5) is 4.12. The topological polar surface area (TPSA) is 94.9 Å². The second kappa shape index (κ2) is 7.02. The number of nitrogens with zero attached hydrogens (tertiary/aromatic N) is 2. The van der Waals surface area contributed by atoms with Crippen molar-refractivity contribution in [1.29, 1.82) is 5.26 Å². The molecule has 0 saturated carbocycles. The fourth-order valence-electron chi connectivity index (χ4n) is 1.88. The molecule has 0 unspecified atom stereocenters. The van der Waals surface area contributed by atoms with E-state index in [2.05, 4.69) is 15.0 Å². The number of anilines is 1. The van der Waals surface area contributed by atoms with Crippen molar-refractivity contribution in [3.63, 3.8) is 0 Å². The largest absolute Gasteiger partial charge is 0.366 e. The van der Waals surface area contributed by atoms with Crippen LogP contribution in [0.25, 0.3) is 0 Å². The summed E-state index contributed by atoms with van der Waals surface area (Å²) in [5.41, 5.74) is 2.18. The lowest BCUT2D eigenvalue weighted by Gasteiger charge is -2.08. The Kier molecular flexibility index (Phi) is 5.09. The highest BCUT2D eigenvalue weighted by Gasteiger charge is 2.08. The first-order valence-corrected chi connectivity index (χ1v) is 8.27. The Morgan fingerprint density at radius 1 is 1.23 bits per heavy atom. The summed E-state index contributed by atoms with van der Waals surface area (Å²) < 4.78 is 25.4. The molecule has 6 nitrogen and oxygen atoms in total. The van der Waals surface area contributed by atoms with Crippen molar-refractivity contribution >= 4 is 15.8 Å². The van der Waals surface area contributed by atoms with Gasteiger partial charge in [-0.1, -0.05) is 24.3 Å². The zero-order chi connectivity index (χ0) is 16.0. The minimum atomic E-state index is -3.28. The summed E-state index contributed by atoms with van der Waals surface area (Å²) in [6.07, 6.45) is 1.50. The van der Waals surface area contributed by atoms with Crippen LogP contribution < -0.4 is 10.0 Å². The average Bonchev–Trinajstić information content (AvgIpc) is 2.53. The van der Waals surface area contributed by atoms with Gasteiger partial charge in [0.1, 0.15) is 11.9 Å². The molecule has 0 amide bonds. The van der Waals surface area contributed by atoms with Gasteiger partial charge in [0, 0.05) is 12.7 Å². The van der Waals surface area contributed by atoms with E-state index in [-0.39, 0.29) is 5.75 Å². The van der Waals surface area contributed by atoms with Gasteiger partial charge in [0.15, 0.2) is 0 Å². The molecule has 22 heavy (non-hydrogen) atoms. The van der Waals surface area contributed by atoms with Gasteiger partial charge in [-0.2, -0.15) is 5.26 Å². The third-order valence-electron chi connectivity index (χ3n) is 3.03. The first-order valence-electron chi connectivity index (χ1n) is 6.61. The van der Waals surface area contributed by atoms with E-state index in [1.807, 2.05) is 24.3 Å². The lowest BCUT2D eigenvalue weighted by molar-refractivity contribution is 0.587. The molecule has 0 bridgehead atoms. The number of sulfonamides is 1. The third kappa shape index (κ3) is 4.55. The molecule has 7 heteroatoms. The van der Waals surface area contributed by atoms with Crippen molar-refractivity contribution in [1.82, 2.24) is 9.71 Å². The standard InChI is InChI=1S/C15H16N4O2S/c1-17-22(20,21)11-13-4-2-3-12(7-13)9-18-15-6-5-14(8-16)10-19-15/h2-7,10,17H,9,11H2,1H3,(H,18,19). The van der Waals surface area contributed by atoms with Gasteiger partial charge in [-0.3, -0.25) is 0 Å². The van der Waals surface area contributed by atoms with Crippen LogP contribution in [-0.2, 0) is 22.3 Å². The first kappa shape index (κ1) is 15.9. The number of rotatable bonds is 6. The van der Waals surface area contributed by atoms with Crippen LogP contribution in [-0.4, -0.2) is 20.4 Å². The average molecular weight is 316 g/mol. The molecule has 114 valence electrons. The highest BCUT2D eigenvalue weighted by atomic mass is 32.2. The Labute approximate surface area is 129 Å². The zero-order valence-corrected chi connectivity index (χ0v) is 12.9. The number of nitrogens with one attached hydrogen (secondary N) is 2. The molecule has 2 aromatic rings. The first-order chi connectivity index (χ1) is 10.5. The minimum absolute atomic E-state index is 0.0492. The Hall–Kier alpha value is -2.43. The van der Waals surface area contributed by atoms with Crippen LogP contribution in [0.15, 0.2) is 42.6 Å². The molecule has 1 aromatic carbocycles. The summed E-state index contributed by atoms with van der Waals surface area (Å²) in [7, 11) is -1.88. The highest BCUT2D eigenvalue weighted by molar-refractivity contribution is 7.88. The number of hydrogen-bond donors (Lipinski definition) is 2. The number of nitriles is 1. The maximum absolute atomic E-state index is 11.6. The molecule has 0 atom stereocenters. The Morgan fingerprint density at radius 3 is 2.64 bits per heavy atom. The lowest BCUT2D eigenvalue weighted by atomic mass is 10.1. The molecule has 2 rings (SSSR count). The third-order valence-corrected chi connectivity index (χ3v) is 4.36. The van der Waals surface area contributed by atoms with Crippen LogP contribution in [0.1, 0.15) is 16.7 Å². The highest BCUT2D eigenvalue weighted by Crippen LogP contribution is 2.11. The van der Waals surface area contributed by atoms with Crippen molar-refractivity contribution in [3.8, 4) is 6.07 Å². The van der Waals surface area contributed by atoms with E-state index < -0.39 is 10.0 Å². The quantitative estimate of drug-likeness (QED) is 0.844. The van der Waals surface area contributed by atoms with Gasteiger partial charge in [0.05, 0.1) is 11.3 Å². The molecular weight excluding hydrogens is 300 g/mol. The fourth-order valence-corrected chi connectivity index (χ4v) is 2.64. The van der Waals surface area contributed by atoms with E-state index in [1.54, 1.807) is 18.2 Å². The summed E-state index contributed by atoms with van der Waals surface area (Å²) in [6, 6.07) is 12.8.